The molecule has 1 aliphatic carbocycles. The fourth-order valence-corrected chi connectivity index (χ4v) is 3.70. The molecule has 0 aliphatic heterocycles. The highest BCUT2D eigenvalue weighted by molar-refractivity contribution is 5.99. The van der Waals surface area contributed by atoms with Gasteiger partial charge in [-0.15, -0.1) is 0 Å². The van der Waals surface area contributed by atoms with Gasteiger partial charge < -0.3 is 19.4 Å². The second-order valence-corrected chi connectivity index (χ2v) is 6.73. The van der Waals surface area contributed by atoms with Gasteiger partial charge in [0.25, 0.3) is 5.91 Å². The number of hydrogen-bond acceptors (Lipinski definition) is 4. The summed E-state index contributed by atoms with van der Waals surface area (Å²) < 4.78 is 11.1. The molecule has 0 bridgehead atoms. The van der Waals surface area contributed by atoms with Gasteiger partial charge in [-0.1, -0.05) is 31.0 Å². The van der Waals surface area contributed by atoms with E-state index in [2.05, 4.69) is 24.3 Å². The van der Waals surface area contributed by atoms with Crippen LogP contribution in [-0.2, 0) is 11.3 Å². The van der Waals surface area contributed by atoms with E-state index in [1.807, 2.05) is 24.3 Å². The van der Waals surface area contributed by atoms with Crippen LogP contribution in [0, 0.1) is 0 Å². The molecule has 5 heteroatoms. The van der Waals surface area contributed by atoms with Crippen molar-refractivity contribution in [2.24, 2.45) is 0 Å². The van der Waals surface area contributed by atoms with Crippen molar-refractivity contribution in [2.45, 2.75) is 44.4 Å². The van der Waals surface area contributed by atoms with Gasteiger partial charge in [-0.25, -0.2) is 0 Å². The number of likely N-dealkylation sites (N-methyl/N-ethyl adjacent to an activating group) is 1. The number of hydrogen-bond donors (Lipinski definition) is 1. The Labute approximate surface area is 143 Å². The lowest BCUT2D eigenvalue weighted by molar-refractivity contribution is 0.0851. The van der Waals surface area contributed by atoms with Crippen LogP contribution in [0.5, 0.6) is 0 Å². The maximum absolute atomic E-state index is 12.9. The first-order valence-electron chi connectivity index (χ1n) is 8.58. The third kappa shape index (κ3) is 3.32. The molecule has 5 nitrogen and oxygen atoms in total. The van der Waals surface area contributed by atoms with Crippen molar-refractivity contribution in [3.63, 3.8) is 0 Å². The summed E-state index contributed by atoms with van der Waals surface area (Å²) in [5.41, 5.74) is 1.55. The molecule has 1 aromatic carbocycles. The van der Waals surface area contributed by atoms with Crippen LogP contribution < -0.4 is 5.32 Å². The molecule has 2 aromatic rings. The number of rotatable bonds is 5. The molecule has 130 valence electrons. The molecule has 1 amide bonds. The van der Waals surface area contributed by atoms with E-state index >= 15 is 0 Å². The number of furan rings is 1. The zero-order valence-corrected chi connectivity index (χ0v) is 14.7. The molecule has 1 N–H and O–H groups in total. The molecule has 3 rings (SSSR count). The Morgan fingerprint density at radius 2 is 2.04 bits per heavy atom. The molecule has 1 aliphatic rings. The highest BCUT2D eigenvalue weighted by Crippen LogP contribution is 2.28. The Bertz CT molecular complexity index is 708. The number of para-hydroxylation sites is 1. The molecular weight excluding hydrogens is 304 g/mol. The highest BCUT2D eigenvalue weighted by atomic mass is 16.5. The molecule has 2 atom stereocenters. The van der Waals surface area contributed by atoms with E-state index in [0.717, 1.165) is 35.8 Å². The van der Waals surface area contributed by atoms with Crippen molar-refractivity contribution in [3.05, 3.63) is 35.6 Å². The summed E-state index contributed by atoms with van der Waals surface area (Å²) in [6, 6.07) is 8.24. The number of benzene rings is 1. The molecule has 0 spiro atoms. The number of nitrogens with one attached hydrogen (secondary N) is 1. The maximum atomic E-state index is 12.9. The molecule has 1 saturated carbocycles. The van der Waals surface area contributed by atoms with Gasteiger partial charge >= 0.3 is 0 Å². The topological polar surface area (TPSA) is 54.7 Å². The average molecular weight is 330 g/mol. The standard InChI is InChI=1S/C19H26N2O3/c1-21(2)16-10-6-5-9-15(16)20-19(22)18-14(12-23-3)13-8-4-7-11-17(13)24-18/h4,7-8,11,15-16H,5-6,9-10,12H2,1-3H3,(H,20,22)/t15-,16+/m1/s1. The fourth-order valence-electron chi connectivity index (χ4n) is 3.70. The SMILES string of the molecule is COCc1c(C(=O)N[C@@H]2CCCC[C@@H]2N(C)C)oc2ccccc12. The van der Waals surface area contributed by atoms with E-state index in [1.165, 1.54) is 6.42 Å². The predicted octanol–water partition coefficient (Wildman–Crippen LogP) is 3.18. The van der Waals surface area contributed by atoms with Gasteiger partial charge in [-0.3, -0.25) is 4.79 Å². The molecule has 1 aromatic heterocycles. The highest BCUT2D eigenvalue weighted by Gasteiger charge is 2.30. The number of fused-ring (bicyclic) bond motifs is 1. The lowest BCUT2D eigenvalue weighted by Gasteiger charge is -2.36. The molecule has 1 heterocycles. The summed E-state index contributed by atoms with van der Waals surface area (Å²) in [7, 11) is 5.78. The van der Waals surface area contributed by atoms with E-state index in [-0.39, 0.29) is 11.9 Å². The minimum Gasteiger partial charge on any atom is -0.451 e. The number of carbonyl (C=O) groups excluding carboxylic acids is 1. The van der Waals surface area contributed by atoms with Crippen LogP contribution in [0.15, 0.2) is 28.7 Å². The van der Waals surface area contributed by atoms with Gasteiger partial charge in [0.15, 0.2) is 5.76 Å². The number of amides is 1. The molecule has 0 unspecified atom stereocenters. The Morgan fingerprint density at radius 1 is 1.29 bits per heavy atom. The number of methoxy groups -OCH3 is 1. The molecule has 0 radical (unpaired) electrons. The Morgan fingerprint density at radius 3 is 2.79 bits per heavy atom. The normalized spacial score (nSPS) is 21.3. The summed E-state index contributed by atoms with van der Waals surface area (Å²) in [4.78, 5) is 15.1. The minimum atomic E-state index is -0.142. The molecule has 1 fully saturated rings. The summed E-state index contributed by atoms with van der Waals surface area (Å²) >= 11 is 0. The quantitative estimate of drug-likeness (QED) is 0.915. The van der Waals surface area contributed by atoms with E-state index in [1.54, 1.807) is 7.11 Å². The second kappa shape index (κ2) is 7.36. The largest absolute Gasteiger partial charge is 0.451 e. The smallest absolute Gasteiger partial charge is 0.287 e. The first-order chi connectivity index (χ1) is 11.6. The average Bonchev–Trinajstić information content (AvgIpc) is 2.94. The van der Waals surface area contributed by atoms with Crippen molar-refractivity contribution in [1.82, 2.24) is 10.2 Å². The number of carbonyl (C=O) groups is 1. The summed E-state index contributed by atoms with van der Waals surface area (Å²) in [6.45, 7) is 0.363. The molecule has 0 saturated heterocycles. The van der Waals surface area contributed by atoms with Crippen molar-refractivity contribution in [1.29, 1.82) is 0 Å². The number of nitrogens with zero attached hydrogens (tertiary/aromatic N) is 1. The van der Waals surface area contributed by atoms with E-state index in [0.29, 0.717) is 18.4 Å². The third-order valence-electron chi connectivity index (χ3n) is 4.90. The predicted molar refractivity (Wildman–Crippen MR) is 94.1 cm³/mol. The maximum Gasteiger partial charge on any atom is 0.287 e. The van der Waals surface area contributed by atoms with Gasteiger partial charge in [0, 0.05) is 30.1 Å². The van der Waals surface area contributed by atoms with Crippen LogP contribution in [0.1, 0.15) is 41.8 Å². The van der Waals surface area contributed by atoms with Crippen molar-refractivity contribution in [3.8, 4) is 0 Å². The van der Waals surface area contributed by atoms with Gasteiger partial charge in [0.2, 0.25) is 0 Å². The Kier molecular flexibility index (Phi) is 5.21. The van der Waals surface area contributed by atoms with Crippen molar-refractivity contribution >= 4 is 16.9 Å². The van der Waals surface area contributed by atoms with Crippen LogP contribution >= 0.6 is 0 Å². The summed E-state index contributed by atoms with van der Waals surface area (Å²) in [6.07, 6.45) is 4.49. The van der Waals surface area contributed by atoms with Crippen molar-refractivity contribution < 1.29 is 13.9 Å². The first kappa shape index (κ1) is 17.0. The molecule has 24 heavy (non-hydrogen) atoms. The summed E-state index contributed by atoms with van der Waals surface area (Å²) in [5.74, 6) is 0.234. The van der Waals surface area contributed by atoms with Gasteiger partial charge in [0.05, 0.1) is 6.61 Å². The van der Waals surface area contributed by atoms with Gasteiger partial charge in [-0.05, 0) is 33.0 Å². The fraction of sp³-hybridized carbons (Fsp3) is 0.526. The van der Waals surface area contributed by atoms with Crippen LogP contribution in [0.3, 0.4) is 0 Å². The van der Waals surface area contributed by atoms with E-state index in [4.69, 9.17) is 9.15 Å². The second-order valence-electron chi connectivity index (χ2n) is 6.73. The Balaban J connectivity index is 1.86. The van der Waals surface area contributed by atoms with Crippen LogP contribution in [-0.4, -0.2) is 44.1 Å². The third-order valence-corrected chi connectivity index (χ3v) is 4.90. The van der Waals surface area contributed by atoms with Crippen LogP contribution in [0.2, 0.25) is 0 Å². The van der Waals surface area contributed by atoms with Gasteiger partial charge in [0.1, 0.15) is 5.58 Å². The van der Waals surface area contributed by atoms with Gasteiger partial charge in [-0.2, -0.15) is 0 Å². The van der Waals surface area contributed by atoms with Crippen LogP contribution in [0.4, 0.5) is 0 Å². The summed E-state index contributed by atoms with van der Waals surface area (Å²) in [5, 5.41) is 4.14. The van der Waals surface area contributed by atoms with Crippen molar-refractivity contribution in [2.75, 3.05) is 21.2 Å². The zero-order chi connectivity index (χ0) is 17.1. The van der Waals surface area contributed by atoms with E-state index in [9.17, 15) is 4.79 Å². The molecular formula is C19H26N2O3. The lowest BCUT2D eigenvalue weighted by atomic mass is 9.89. The minimum absolute atomic E-state index is 0.142. The van der Waals surface area contributed by atoms with E-state index < -0.39 is 0 Å². The lowest BCUT2D eigenvalue weighted by Crippen LogP contribution is -2.51. The number of ether oxygens (including phenoxy) is 1. The Hall–Kier alpha value is -1.85. The monoisotopic (exact) mass is 330 g/mol. The first-order valence-corrected chi connectivity index (χ1v) is 8.58. The van der Waals surface area contributed by atoms with Crippen LogP contribution in [0.25, 0.3) is 11.0 Å². The zero-order valence-electron chi connectivity index (χ0n) is 14.7.